The molecule has 0 aliphatic carbocycles. The number of rotatable bonds is 7. The van der Waals surface area contributed by atoms with Crippen LogP contribution in [0.1, 0.15) is 32.9 Å². The Morgan fingerprint density at radius 2 is 1.87 bits per heavy atom. The summed E-state index contributed by atoms with van der Waals surface area (Å²) in [5.74, 6) is -0.661. The van der Waals surface area contributed by atoms with Crippen LogP contribution in [0.25, 0.3) is 11.1 Å². The van der Waals surface area contributed by atoms with Crippen molar-refractivity contribution in [1.82, 2.24) is 14.7 Å². The van der Waals surface area contributed by atoms with Crippen molar-refractivity contribution in [1.29, 1.82) is 0 Å². The highest BCUT2D eigenvalue weighted by Gasteiger charge is 2.23. The van der Waals surface area contributed by atoms with E-state index in [1.807, 2.05) is 74.1 Å². The number of aryl methyl sites for hydroxylation is 3. The van der Waals surface area contributed by atoms with E-state index in [9.17, 15) is 9.59 Å². The largest absolute Gasteiger partial charge is 0.465 e. The lowest BCUT2D eigenvalue weighted by molar-refractivity contribution is -0.117. The quantitative estimate of drug-likeness (QED) is 0.564. The van der Waals surface area contributed by atoms with Crippen molar-refractivity contribution in [3.8, 4) is 11.1 Å². The van der Waals surface area contributed by atoms with E-state index < -0.39 is 5.97 Å². The van der Waals surface area contributed by atoms with Gasteiger partial charge in [0.1, 0.15) is 10.6 Å². The third-order valence-corrected chi connectivity index (χ3v) is 6.19. The number of methoxy groups -OCH3 is 1. The summed E-state index contributed by atoms with van der Waals surface area (Å²) in [5.41, 5.74) is 6.33. The zero-order chi connectivity index (χ0) is 22.7. The second kappa shape index (κ2) is 9.45. The van der Waals surface area contributed by atoms with Gasteiger partial charge < -0.3 is 10.1 Å². The summed E-state index contributed by atoms with van der Waals surface area (Å²) in [4.78, 5) is 27.1. The molecule has 3 aromatic rings. The number of esters is 1. The number of nitrogens with zero attached hydrogens (tertiary/aromatic N) is 3. The Morgan fingerprint density at radius 1 is 1.19 bits per heavy atom. The molecule has 0 spiro atoms. The molecule has 8 heteroatoms. The van der Waals surface area contributed by atoms with Gasteiger partial charge in [0.2, 0.25) is 5.91 Å². The standard InChI is InChI=1S/C23H28N4O3S/c1-14-7-9-17(10-8-14)19-13-31-22(21(19)23(29)30-6)24-20(28)12-26(4)11-18-15(2)25-27(5)16(18)3/h7-10,13H,11-12H2,1-6H3,(H,24,28). The number of benzene rings is 1. The van der Waals surface area contributed by atoms with Crippen LogP contribution in [0.4, 0.5) is 5.00 Å². The number of anilines is 1. The summed E-state index contributed by atoms with van der Waals surface area (Å²) < 4.78 is 6.83. The highest BCUT2D eigenvalue weighted by molar-refractivity contribution is 7.15. The number of hydrogen-bond donors (Lipinski definition) is 1. The lowest BCUT2D eigenvalue weighted by Gasteiger charge is -2.16. The fourth-order valence-electron chi connectivity index (χ4n) is 3.48. The van der Waals surface area contributed by atoms with E-state index in [0.717, 1.165) is 33.6 Å². The van der Waals surface area contributed by atoms with Crippen molar-refractivity contribution in [2.75, 3.05) is 26.0 Å². The van der Waals surface area contributed by atoms with Crippen molar-refractivity contribution in [2.45, 2.75) is 27.3 Å². The molecule has 0 fully saturated rings. The second-order valence-electron chi connectivity index (χ2n) is 7.70. The van der Waals surface area contributed by atoms with Crippen LogP contribution in [0.3, 0.4) is 0 Å². The number of thiophene rings is 1. The van der Waals surface area contributed by atoms with Crippen molar-refractivity contribution >= 4 is 28.2 Å². The predicted octanol–water partition coefficient (Wildman–Crippen LogP) is 3.93. The predicted molar refractivity (Wildman–Crippen MR) is 123 cm³/mol. The monoisotopic (exact) mass is 440 g/mol. The van der Waals surface area contributed by atoms with E-state index in [1.54, 1.807) is 0 Å². The number of likely N-dealkylation sites (N-methyl/N-ethyl adjacent to an activating group) is 1. The maximum Gasteiger partial charge on any atom is 0.341 e. The molecule has 0 saturated carbocycles. The Morgan fingerprint density at radius 3 is 2.45 bits per heavy atom. The number of ether oxygens (including phenoxy) is 1. The van der Waals surface area contributed by atoms with E-state index >= 15 is 0 Å². The minimum atomic E-state index is -0.470. The summed E-state index contributed by atoms with van der Waals surface area (Å²) in [6.07, 6.45) is 0. The van der Waals surface area contributed by atoms with Gasteiger partial charge in [-0.05, 0) is 33.4 Å². The van der Waals surface area contributed by atoms with E-state index in [2.05, 4.69) is 10.4 Å². The number of carbonyl (C=O) groups is 2. The molecule has 0 unspecified atom stereocenters. The molecular formula is C23H28N4O3S. The fraction of sp³-hybridized carbons (Fsp3) is 0.348. The maximum absolute atomic E-state index is 12.7. The molecule has 1 aromatic carbocycles. The SMILES string of the molecule is COC(=O)c1c(-c2ccc(C)cc2)csc1NC(=O)CN(C)Cc1c(C)nn(C)c1C. The first kappa shape index (κ1) is 22.7. The topological polar surface area (TPSA) is 76.5 Å². The Labute approximate surface area is 186 Å². The molecule has 0 atom stereocenters. The van der Waals surface area contributed by atoms with E-state index in [-0.39, 0.29) is 12.5 Å². The summed E-state index contributed by atoms with van der Waals surface area (Å²) >= 11 is 1.32. The number of nitrogens with one attached hydrogen (secondary N) is 1. The minimum absolute atomic E-state index is 0.187. The molecule has 164 valence electrons. The van der Waals surface area contributed by atoms with Crippen molar-refractivity contribution in [2.24, 2.45) is 7.05 Å². The van der Waals surface area contributed by atoms with Crippen LogP contribution in [0.2, 0.25) is 0 Å². The van der Waals surface area contributed by atoms with Gasteiger partial charge in [0, 0.05) is 35.8 Å². The lowest BCUT2D eigenvalue weighted by Crippen LogP contribution is -2.30. The lowest BCUT2D eigenvalue weighted by atomic mass is 10.0. The summed E-state index contributed by atoms with van der Waals surface area (Å²) in [6.45, 7) is 6.80. The van der Waals surface area contributed by atoms with Gasteiger partial charge in [-0.15, -0.1) is 11.3 Å². The Kier molecular flexibility index (Phi) is 6.92. The molecule has 3 rings (SSSR count). The number of carbonyl (C=O) groups excluding carboxylic acids is 2. The molecule has 1 N–H and O–H groups in total. The normalized spacial score (nSPS) is 11.1. The van der Waals surface area contributed by atoms with Crippen molar-refractivity contribution in [3.05, 3.63) is 57.7 Å². The fourth-order valence-corrected chi connectivity index (χ4v) is 4.46. The van der Waals surface area contributed by atoms with E-state index in [0.29, 0.717) is 17.1 Å². The average molecular weight is 441 g/mol. The smallest absolute Gasteiger partial charge is 0.341 e. The first-order valence-electron chi connectivity index (χ1n) is 9.95. The Hall–Kier alpha value is -2.97. The van der Waals surface area contributed by atoms with Crippen LogP contribution < -0.4 is 5.32 Å². The van der Waals surface area contributed by atoms with Gasteiger partial charge in [-0.25, -0.2) is 4.79 Å². The molecule has 2 heterocycles. The zero-order valence-corrected chi connectivity index (χ0v) is 19.6. The zero-order valence-electron chi connectivity index (χ0n) is 18.8. The molecule has 2 aromatic heterocycles. The average Bonchev–Trinajstić information content (AvgIpc) is 3.23. The number of amides is 1. The summed E-state index contributed by atoms with van der Waals surface area (Å²) in [7, 11) is 5.14. The van der Waals surface area contributed by atoms with Gasteiger partial charge >= 0.3 is 5.97 Å². The van der Waals surface area contributed by atoms with Gasteiger partial charge in [0.15, 0.2) is 0 Å². The number of aromatic nitrogens is 2. The molecule has 0 aliphatic rings. The third kappa shape index (κ3) is 5.03. The summed E-state index contributed by atoms with van der Waals surface area (Å²) in [6, 6.07) is 7.90. The van der Waals surface area contributed by atoms with Gasteiger partial charge in [-0.2, -0.15) is 5.10 Å². The highest BCUT2D eigenvalue weighted by Crippen LogP contribution is 2.36. The Balaban J connectivity index is 1.76. The number of hydrogen-bond acceptors (Lipinski definition) is 6. The summed E-state index contributed by atoms with van der Waals surface area (Å²) in [5, 5.41) is 9.69. The molecule has 1 amide bonds. The van der Waals surface area contributed by atoms with Crippen molar-refractivity contribution < 1.29 is 14.3 Å². The first-order valence-corrected chi connectivity index (χ1v) is 10.8. The molecule has 0 bridgehead atoms. The second-order valence-corrected chi connectivity index (χ2v) is 8.58. The molecule has 7 nitrogen and oxygen atoms in total. The molecule has 0 saturated heterocycles. The maximum atomic E-state index is 12.7. The van der Waals surface area contributed by atoms with Gasteiger partial charge in [0.05, 0.1) is 19.3 Å². The molecular weight excluding hydrogens is 412 g/mol. The first-order chi connectivity index (χ1) is 14.7. The van der Waals surface area contributed by atoms with E-state index in [4.69, 9.17) is 4.74 Å². The minimum Gasteiger partial charge on any atom is -0.465 e. The molecule has 0 radical (unpaired) electrons. The third-order valence-electron chi connectivity index (χ3n) is 5.30. The van der Waals surface area contributed by atoms with Crippen LogP contribution in [-0.4, -0.2) is 47.3 Å². The van der Waals surface area contributed by atoms with E-state index in [1.165, 1.54) is 18.4 Å². The van der Waals surface area contributed by atoms with Crippen LogP contribution in [-0.2, 0) is 23.1 Å². The van der Waals surface area contributed by atoms with Crippen LogP contribution in [0.15, 0.2) is 29.6 Å². The highest BCUT2D eigenvalue weighted by atomic mass is 32.1. The van der Waals surface area contributed by atoms with Gasteiger partial charge in [-0.1, -0.05) is 29.8 Å². The van der Waals surface area contributed by atoms with Gasteiger partial charge in [0.25, 0.3) is 0 Å². The molecule has 0 aliphatic heterocycles. The van der Waals surface area contributed by atoms with Crippen LogP contribution in [0, 0.1) is 20.8 Å². The Bertz CT molecular complexity index is 1100. The van der Waals surface area contributed by atoms with Crippen molar-refractivity contribution in [3.63, 3.8) is 0 Å². The van der Waals surface area contributed by atoms with Crippen LogP contribution in [0.5, 0.6) is 0 Å². The molecule has 31 heavy (non-hydrogen) atoms. The van der Waals surface area contributed by atoms with Crippen LogP contribution >= 0.6 is 11.3 Å². The van der Waals surface area contributed by atoms with Gasteiger partial charge in [-0.3, -0.25) is 14.4 Å².